The van der Waals surface area contributed by atoms with Crippen molar-refractivity contribution in [2.45, 2.75) is 17.9 Å². The van der Waals surface area contributed by atoms with Crippen molar-refractivity contribution in [1.29, 1.82) is 0 Å². The van der Waals surface area contributed by atoms with Gasteiger partial charge in [-0.1, -0.05) is 23.7 Å². The third-order valence-corrected chi connectivity index (χ3v) is 4.31. The van der Waals surface area contributed by atoms with Crippen molar-refractivity contribution in [3.8, 4) is 0 Å². The molecular formula is C15H15ClN2O3S. The summed E-state index contributed by atoms with van der Waals surface area (Å²) in [5, 5.41) is 8.43. The third-order valence-electron chi connectivity index (χ3n) is 3.14. The topological polar surface area (TPSA) is 89.3 Å². The summed E-state index contributed by atoms with van der Waals surface area (Å²) in [4.78, 5) is 12.1. The van der Waals surface area contributed by atoms with Crippen molar-refractivity contribution in [1.82, 2.24) is 5.32 Å². The molecule has 0 aliphatic heterocycles. The molecule has 1 amide bonds. The standard InChI is InChI=1S/C15H15ClN2O3S/c1-10(12-3-2-4-13(16)9-12)18-15(19)11-5-7-14(8-6-11)22(17,20)21/h2-10H,1H3,(H,18,19)(H2,17,20,21). The molecule has 0 aliphatic carbocycles. The molecule has 0 saturated heterocycles. The van der Waals surface area contributed by atoms with Gasteiger partial charge in [-0.3, -0.25) is 4.79 Å². The highest BCUT2D eigenvalue weighted by atomic mass is 35.5. The lowest BCUT2D eigenvalue weighted by atomic mass is 10.1. The second-order valence-electron chi connectivity index (χ2n) is 4.82. The fourth-order valence-electron chi connectivity index (χ4n) is 1.94. The summed E-state index contributed by atoms with van der Waals surface area (Å²) >= 11 is 5.92. The van der Waals surface area contributed by atoms with Gasteiger partial charge in [-0.15, -0.1) is 0 Å². The molecule has 0 aliphatic rings. The maximum Gasteiger partial charge on any atom is 0.251 e. The lowest BCUT2D eigenvalue weighted by Gasteiger charge is -2.14. The highest BCUT2D eigenvalue weighted by Crippen LogP contribution is 2.18. The maximum absolute atomic E-state index is 12.1. The van der Waals surface area contributed by atoms with Gasteiger partial charge in [-0.25, -0.2) is 13.6 Å². The number of amides is 1. The smallest absolute Gasteiger partial charge is 0.251 e. The van der Waals surface area contributed by atoms with Crippen molar-refractivity contribution in [3.63, 3.8) is 0 Å². The van der Waals surface area contributed by atoms with Crippen LogP contribution in [-0.4, -0.2) is 14.3 Å². The van der Waals surface area contributed by atoms with Crippen LogP contribution in [0.4, 0.5) is 0 Å². The van der Waals surface area contributed by atoms with Crippen LogP contribution in [0.25, 0.3) is 0 Å². The Balaban J connectivity index is 2.12. The summed E-state index contributed by atoms with van der Waals surface area (Å²) in [6.07, 6.45) is 0. The Morgan fingerprint density at radius 2 is 1.82 bits per heavy atom. The highest BCUT2D eigenvalue weighted by molar-refractivity contribution is 7.89. The van der Waals surface area contributed by atoms with Crippen LogP contribution in [0.5, 0.6) is 0 Å². The third kappa shape index (κ3) is 4.07. The summed E-state index contributed by atoms with van der Waals surface area (Å²) in [5.74, 6) is -0.312. The zero-order chi connectivity index (χ0) is 16.3. The average molecular weight is 339 g/mol. The molecule has 0 saturated carbocycles. The minimum atomic E-state index is -3.76. The minimum absolute atomic E-state index is 0.0352. The van der Waals surface area contributed by atoms with E-state index in [1.54, 1.807) is 18.2 Å². The van der Waals surface area contributed by atoms with E-state index in [9.17, 15) is 13.2 Å². The molecule has 22 heavy (non-hydrogen) atoms. The quantitative estimate of drug-likeness (QED) is 0.897. The number of carbonyl (C=O) groups excluding carboxylic acids is 1. The maximum atomic E-state index is 12.1. The number of nitrogens with two attached hydrogens (primary N) is 1. The first kappa shape index (κ1) is 16.5. The second kappa shape index (κ2) is 6.48. The normalized spacial score (nSPS) is 12.7. The number of hydrogen-bond donors (Lipinski definition) is 2. The van der Waals surface area contributed by atoms with Gasteiger partial charge < -0.3 is 5.32 Å². The van der Waals surface area contributed by atoms with Gasteiger partial charge in [0.2, 0.25) is 10.0 Å². The number of primary sulfonamides is 1. The zero-order valence-corrected chi connectivity index (χ0v) is 13.4. The lowest BCUT2D eigenvalue weighted by molar-refractivity contribution is 0.0940. The Hall–Kier alpha value is -1.89. The van der Waals surface area contributed by atoms with Gasteiger partial charge in [0.15, 0.2) is 0 Å². The van der Waals surface area contributed by atoms with Crippen LogP contribution in [0.3, 0.4) is 0 Å². The Morgan fingerprint density at radius 1 is 1.18 bits per heavy atom. The van der Waals surface area contributed by atoms with E-state index in [1.807, 2.05) is 13.0 Å². The van der Waals surface area contributed by atoms with Gasteiger partial charge in [0.25, 0.3) is 5.91 Å². The number of hydrogen-bond acceptors (Lipinski definition) is 3. The molecule has 1 atom stereocenters. The molecule has 3 N–H and O–H groups in total. The number of carbonyl (C=O) groups is 1. The van der Waals surface area contributed by atoms with Gasteiger partial charge in [0.1, 0.15) is 0 Å². The molecular weight excluding hydrogens is 324 g/mol. The van der Waals surface area contributed by atoms with E-state index in [2.05, 4.69) is 5.32 Å². The summed E-state index contributed by atoms with van der Waals surface area (Å²) in [7, 11) is -3.76. The molecule has 0 spiro atoms. The van der Waals surface area contributed by atoms with Crippen LogP contribution in [0.15, 0.2) is 53.4 Å². The Kier molecular flexibility index (Phi) is 4.85. The largest absolute Gasteiger partial charge is 0.346 e. The Bertz CT molecular complexity index is 789. The molecule has 0 radical (unpaired) electrons. The van der Waals surface area contributed by atoms with Gasteiger partial charge >= 0.3 is 0 Å². The fraction of sp³-hybridized carbons (Fsp3) is 0.133. The molecule has 1 unspecified atom stereocenters. The van der Waals surface area contributed by atoms with E-state index in [0.29, 0.717) is 10.6 Å². The molecule has 0 bridgehead atoms. The second-order valence-corrected chi connectivity index (χ2v) is 6.82. The predicted molar refractivity (Wildman–Crippen MR) is 85.1 cm³/mol. The number of benzene rings is 2. The summed E-state index contributed by atoms with van der Waals surface area (Å²) in [6.45, 7) is 1.84. The first-order chi connectivity index (χ1) is 10.3. The molecule has 5 nitrogen and oxygen atoms in total. The van der Waals surface area contributed by atoms with Crippen LogP contribution < -0.4 is 10.5 Å². The predicted octanol–water partition coefficient (Wildman–Crippen LogP) is 2.48. The molecule has 2 aromatic carbocycles. The van der Waals surface area contributed by atoms with E-state index < -0.39 is 10.0 Å². The van der Waals surface area contributed by atoms with Crippen molar-refractivity contribution < 1.29 is 13.2 Å². The molecule has 0 aromatic heterocycles. The van der Waals surface area contributed by atoms with E-state index in [1.165, 1.54) is 24.3 Å². The SMILES string of the molecule is CC(NC(=O)c1ccc(S(N)(=O)=O)cc1)c1cccc(Cl)c1. The number of rotatable bonds is 4. The van der Waals surface area contributed by atoms with Crippen LogP contribution in [-0.2, 0) is 10.0 Å². The van der Waals surface area contributed by atoms with Crippen molar-refractivity contribution >= 4 is 27.5 Å². The zero-order valence-electron chi connectivity index (χ0n) is 11.8. The fourth-order valence-corrected chi connectivity index (χ4v) is 2.65. The van der Waals surface area contributed by atoms with E-state index in [-0.39, 0.29) is 16.8 Å². The molecule has 2 aromatic rings. The Morgan fingerprint density at radius 3 is 2.36 bits per heavy atom. The van der Waals surface area contributed by atoms with Crippen LogP contribution >= 0.6 is 11.6 Å². The highest BCUT2D eigenvalue weighted by Gasteiger charge is 2.13. The van der Waals surface area contributed by atoms with E-state index in [0.717, 1.165) is 5.56 Å². The van der Waals surface area contributed by atoms with E-state index in [4.69, 9.17) is 16.7 Å². The average Bonchev–Trinajstić information content (AvgIpc) is 2.46. The van der Waals surface area contributed by atoms with Gasteiger partial charge in [-0.2, -0.15) is 0 Å². The van der Waals surface area contributed by atoms with Gasteiger partial charge in [0, 0.05) is 10.6 Å². The first-order valence-electron chi connectivity index (χ1n) is 6.46. The summed E-state index contributed by atoms with van der Waals surface area (Å²) in [5.41, 5.74) is 1.23. The van der Waals surface area contributed by atoms with Gasteiger partial charge in [0.05, 0.1) is 10.9 Å². The molecule has 0 heterocycles. The first-order valence-corrected chi connectivity index (χ1v) is 8.39. The number of halogens is 1. The molecule has 7 heteroatoms. The number of nitrogens with one attached hydrogen (secondary N) is 1. The number of sulfonamides is 1. The molecule has 2 rings (SSSR count). The van der Waals surface area contributed by atoms with Crippen LogP contribution in [0.1, 0.15) is 28.9 Å². The molecule has 116 valence electrons. The Labute approximate surface area is 134 Å². The summed E-state index contributed by atoms with van der Waals surface area (Å²) in [6, 6.07) is 12.4. The van der Waals surface area contributed by atoms with Crippen molar-refractivity contribution in [2.75, 3.05) is 0 Å². The van der Waals surface area contributed by atoms with Crippen LogP contribution in [0.2, 0.25) is 5.02 Å². The van der Waals surface area contributed by atoms with Crippen molar-refractivity contribution in [2.24, 2.45) is 5.14 Å². The monoisotopic (exact) mass is 338 g/mol. The van der Waals surface area contributed by atoms with Gasteiger partial charge in [-0.05, 0) is 48.9 Å². The van der Waals surface area contributed by atoms with E-state index >= 15 is 0 Å². The van der Waals surface area contributed by atoms with Crippen LogP contribution in [0, 0.1) is 0 Å². The summed E-state index contributed by atoms with van der Waals surface area (Å²) < 4.78 is 22.3. The van der Waals surface area contributed by atoms with Crippen molar-refractivity contribution in [3.05, 3.63) is 64.7 Å². The minimum Gasteiger partial charge on any atom is -0.346 e. The molecule has 0 fully saturated rings. The lowest BCUT2D eigenvalue weighted by Crippen LogP contribution is -2.26.